The Hall–Kier alpha value is -2.35. The lowest BCUT2D eigenvalue weighted by Gasteiger charge is -2.25. The molecule has 0 aliphatic carbocycles. The molecule has 0 fully saturated rings. The van der Waals surface area contributed by atoms with Gasteiger partial charge in [-0.3, -0.25) is 9.69 Å². The first-order valence-electron chi connectivity index (χ1n) is 9.99. The van der Waals surface area contributed by atoms with Crippen molar-refractivity contribution < 1.29 is 14.3 Å². The van der Waals surface area contributed by atoms with Gasteiger partial charge >= 0.3 is 0 Å². The van der Waals surface area contributed by atoms with Crippen molar-refractivity contribution in [2.45, 2.75) is 13.8 Å². The average Bonchev–Trinajstić information content (AvgIpc) is 3.20. The molecule has 0 atom stereocenters. The number of nitrogens with zero attached hydrogens (tertiary/aromatic N) is 3. The first-order chi connectivity index (χ1) is 14.2. The predicted octanol–water partition coefficient (Wildman–Crippen LogP) is 4.48. The van der Waals surface area contributed by atoms with Crippen LogP contribution in [0.5, 0.6) is 11.5 Å². The van der Waals surface area contributed by atoms with Crippen molar-refractivity contribution in [2.24, 2.45) is 0 Å². The molecular formula is C22H26ClN3O3S. The van der Waals surface area contributed by atoms with Crippen molar-refractivity contribution in [3.63, 3.8) is 0 Å². The van der Waals surface area contributed by atoms with E-state index in [1.54, 1.807) is 28.4 Å². The Bertz CT molecular complexity index is 973. The van der Waals surface area contributed by atoms with Crippen LogP contribution >= 0.6 is 23.7 Å². The summed E-state index contributed by atoms with van der Waals surface area (Å²) in [6, 6.07) is 13.4. The minimum Gasteiger partial charge on any atom is -0.486 e. The van der Waals surface area contributed by atoms with Crippen LogP contribution in [0, 0.1) is 0 Å². The van der Waals surface area contributed by atoms with Gasteiger partial charge in [0, 0.05) is 18.7 Å². The summed E-state index contributed by atoms with van der Waals surface area (Å²) < 4.78 is 12.3. The molecule has 3 aromatic rings. The van der Waals surface area contributed by atoms with E-state index in [-0.39, 0.29) is 18.3 Å². The van der Waals surface area contributed by atoms with Gasteiger partial charge in [-0.1, -0.05) is 37.3 Å². The van der Waals surface area contributed by atoms with Crippen LogP contribution in [0.4, 0.5) is 5.13 Å². The number of thiazole rings is 1. The molecule has 30 heavy (non-hydrogen) atoms. The Morgan fingerprint density at radius 2 is 1.77 bits per heavy atom. The maximum atomic E-state index is 13.5. The molecule has 0 saturated heterocycles. The molecule has 6 nitrogen and oxygen atoms in total. The van der Waals surface area contributed by atoms with Crippen LogP contribution in [0.25, 0.3) is 10.2 Å². The molecule has 1 aliphatic rings. The molecule has 1 amide bonds. The quantitative estimate of drug-likeness (QED) is 0.534. The molecule has 1 aliphatic heterocycles. The lowest BCUT2D eigenvalue weighted by Crippen LogP contribution is -2.38. The number of carbonyl (C=O) groups is 1. The topological polar surface area (TPSA) is 54.9 Å². The maximum absolute atomic E-state index is 13.5. The van der Waals surface area contributed by atoms with Gasteiger partial charge in [0.15, 0.2) is 16.6 Å². The molecule has 1 aromatic heterocycles. The van der Waals surface area contributed by atoms with E-state index < -0.39 is 0 Å². The lowest BCUT2D eigenvalue weighted by molar-refractivity contribution is 0.0982. The van der Waals surface area contributed by atoms with Crippen LogP contribution in [0.2, 0.25) is 0 Å². The number of benzene rings is 2. The van der Waals surface area contributed by atoms with Gasteiger partial charge in [-0.2, -0.15) is 0 Å². The van der Waals surface area contributed by atoms with Crippen molar-refractivity contribution >= 4 is 45.0 Å². The Balaban J connectivity index is 0.00000256. The van der Waals surface area contributed by atoms with Crippen LogP contribution in [-0.2, 0) is 0 Å². The van der Waals surface area contributed by atoms with Gasteiger partial charge in [-0.05, 0) is 43.4 Å². The lowest BCUT2D eigenvalue weighted by atomic mass is 10.1. The van der Waals surface area contributed by atoms with Gasteiger partial charge in [0.25, 0.3) is 5.91 Å². The number of likely N-dealkylation sites (N-methyl/N-ethyl adjacent to an activating group) is 1. The Morgan fingerprint density at radius 3 is 2.50 bits per heavy atom. The number of hydrogen-bond donors (Lipinski definition) is 0. The second-order valence-electron chi connectivity index (χ2n) is 6.81. The highest BCUT2D eigenvalue weighted by molar-refractivity contribution is 7.22. The second-order valence-corrected chi connectivity index (χ2v) is 7.82. The number of fused-ring (bicyclic) bond motifs is 2. The third-order valence-electron chi connectivity index (χ3n) is 5.08. The molecule has 0 N–H and O–H groups in total. The fourth-order valence-corrected chi connectivity index (χ4v) is 4.36. The number of para-hydroxylation sites is 1. The van der Waals surface area contributed by atoms with Crippen molar-refractivity contribution in [3.8, 4) is 11.5 Å². The number of rotatable bonds is 7. The minimum atomic E-state index is -0.0758. The van der Waals surface area contributed by atoms with Gasteiger partial charge in [0.2, 0.25) is 0 Å². The zero-order chi connectivity index (χ0) is 20.2. The summed E-state index contributed by atoms with van der Waals surface area (Å²) in [5.74, 6) is 1.23. The number of ether oxygens (including phenoxy) is 2. The van der Waals surface area contributed by atoms with Crippen molar-refractivity contribution in [1.82, 2.24) is 9.88 Å². The van der Waals surface area contributed by atoms with Gasteiger partial charge in [0.1, 0.15) is 13.2 Å². The van der Waals surface area contributed by atoms with Crippen molar-refractivity contribution in [3.05, 3.63) is 48.0 Å². The number of halogens is 1. The molecule has 2 aromatic carbocycles. The summed E-state index contributed by atoms with van der Waals surface area (Å²) in [7, 11) is 0. The Morgan fingerprint density at radius 1 is 1.03 bits per heavy atom. The monoisotopic (exact) mass is 447 g/mol. The molecule has 2 heterocycles. The minimum absolute atomic E-state index is 0. The third kappa shape index (κ3) is 4.69. The molecule has 0 unspecified atom stereocenters. The normalized spacial score (nSPS) is 12.6. The van der Waals surface area contributed by atoms with Crippen LogP contribution in [0.15, 0.2) is 42.5 Å². The van der Waals surface area contributed by atoms with Gasteiger partial charge in [-0.25, -0.2) is 4.98 Å². The highest BCUT2D eigenvalue weighted by atomic mass is 35.5. The smallest absolute Gasteiger partial charge is 0.260 e. The van der Waals surface area contributed by atoms with Gasteiger partial charge in [-0.15, -0.1) is 12.4 Å². The Labute approximate surface area is 186 Å². The van der Waals surface area contributed by atoms with E-state index >= 15 is 0 Å². The van der Waals surface area contributed by atoms with E-state index in [1.807, 2.05) is 30.3 Å². The number of carbonyl (C=O) groups excluding carboxylic acids is 1. The van der Waals surface area contributed by atoms with Gasteiger partial charge < -0.3 is 14.4 Å². The van der Waals surface area contributed by atoms with Crippen LogP contribution in [0.1, 0.15) is 24.2 Å². The Kier molecular flexibility index (Phi) is 7.53. The average molecular weight is 448 g/mol. The summed E-state index contributed by atoms with van der Waals surface area (Å²) in [4.78, 5) is 22.3. The molecule has 0 bridgehead atoms. The third-order valence-corrected chi connectivity index (χ3v) is 6.14. The summed E-state index contributed by atoms with van der Waals surface area (Å²) in [6.07, 6.45) is 0. The SMILES string of the molecule is CCN(CC)CCN(C(=O)c1ccc2c(c1)OCCO2)c1nc2ccccc2s1.Cl. The first-order valence-corrected chi connectivity index (χ1v) is 10.8. The largest absolute Gasteiger partial charge is 0.486 e. The first kappa shape index (κ1) is 22.3. The molecule has 0 radical (unpaired) electrons. The van der Waals surface area contributed by atoms with E-state index in [4.69, 9.17) is 14.5 Å². The van der Waals surface area contributed by atoms with Crippen LogP contribution in [0.3, 0.4) is 0 Å². The highest BCUT2D eigenvalue weighted by Crippen LogP contribution is 2.33. The molecular weight excluding hydrogens is 422 g/mol. The van der Waals surface area contributed by atoms with E-state index in [1.165, 1.54) is 0 Å². The highest BCUT2D eigenvalue weighted by Gasteiger charge is 2.23. The van der Waals surface area contributed by atoms with Crippen LogP contribution in [-0.4, -0.2) is 55.2 Å². The zero-order valence-electron chi connectivity index (χ0n) is 17.2. The molecule has 4 rings (SSSR count). The number of aromatic nitrogens is 1. The molecule has 8 heteroatoms. The van der Waals surface area contributed by atoms with E-state index in [0.29, 0.717) is 36.8 Å². The fourth-order valence-electron chi connectivity index (χ4n) is 3.37. The zero-order valence-corrected chi connectivity index (χ0v) is 18.8. The van der Waals surface area contributed by atoms with E-state index in [2.05, 4.69) is 18.7 Å². The summed E-state index contributed by atoms with van der Waals surface area (Å²) in [6.45, 7) is 8.55. The second kappa shape index (κ2) is 10.1. The number of anilines is 1. The molecule has 0 saturated carbocycles. The fraction of sp³-hybridized carbons (Fsp3) is 0.364. The summed E-state index contributed by atoms with van der Waals surface area (Å²) in [5.41, 5.74) is 1.49. The van der Waals surface area contributed by atoms with E-state index in [0.717, 1.165) is 35.0 Å². The molecule has 0 spiro atoms. The van der Waals surface area contributed by atoms with Crippen molar-refractivity contribution in [1.29, 1.82) is 0 Å². The summed E-state index contributed by atoms with van der Waals surface area (Å²) in [5, 5.41) is 0.721. The maximum Gasteiger partial charge on any atom is 0.260 e. The standard InChI is InChI=1S/C22H25N3O3S.ClH/c1-3-24(4-2)11-12-25(22-23-17-7-5-6-8-20(17)29-22)21(26)16-9-10-18-19(15-16)28-14-13-27-18;/h5-10,15H,3-4,11-14H2,1-2H3;1H. The molecule has 160 valence electrons. The van der Waals surface area contributed by atoms with Crippen LogP contribution < -0.4 is 14.4 Å². The number of hydrogen-bond acceptors (Lipinski definition) is 6. The number of amides is 1. The van der Waals surface area contributed by atoms with Gasteiger partial charge in [0.05, 0.1) is 10.2 Å². The predicted molar refractivity (Wildman–Crippen MR) is 124 cm³/mol. The summed E-state index contributed by atoms with van der Waals surface area (Å²) >= 11 is 1.54. The van der Waals surface area contributed by atoms with Crippen molar-refractivity contribution in [2.75, 3.05) is 44.3 Å². The van der Waals surface area contributed by atoms with E-state index in [9.17, 15) is 4.79 Å².